The number of carbonyl (C=O) groups excluding carboxylic acids is 2. The molecule has 124 valence electrons. The van der Waals surface area contributed by atoms with Gasteiger partial charge in [-0.2, -0.15) is 0 Å². The molecule has 2 aromatic carbocycles. The molecule has 0 saturated heterocycles. The van der Waals surface area contributed by atoms with Crippen LogP contribution in [-0.2, 0) is 17.8 Å². The van der Waals surface area contributed by atoms with Crippen LogP contribution in [0.15, 0.2) is 42.5 Å². The summed E-state index contributed by atoms with van der Waals surface area (Å²) in [6.07, 6.45) is 1.34. The van der Waals surface area contributed by atoms with Crippen molar-refractivity contribution in [3.05, 3.63) is 64.7 Å². The third-order valence-corrected chi connectivity index (χ3v) is 4.48. The van der Waals surface area contributed by atoms with E-state index in [1.54, 1.807) is 0 Å². The molecule has 0 aliphatic carbocycles. The molecule has 0 aromatic heterocycles. The summed E-state index contributed by atoms with van der Waals surface area (Å²) < 4.78 is 0. The van der Waals surface area contributed by atoms with E-state index in [0.717, 1.165) is 28.8 Å². The van der Waals surface area contributed by atoms with Gasteiger partial charge in [0.25, 0.3) is 5.91 Å². The fraction of sp³-hybridized carbons (Fsp3) is 0.300. The predicted molar refractivity (Wildman–Crippen MR) is 95.1 cm³/mol. The lowest BCUT2D eigenvalue weighted by molar-refractivity contribution is -0.120. The first kappa shape index (κ1) is 16.2. The van der Waals surface area contributed by atoms with Gasteiger partial charge in [0.05, 0.1) is 0 Å². The largest absolute Gasteiger partial charge is 0.352 e. The lowest BCUT2D eigenvalue weighted by Gasteiger charge is -2.19. The van der Waals surface area contributed by atoms with Gasteiger partial charge in [-0.3, -0.25) is 9.59 Å². The zero-order valence-electron chi connectivity index (χ0n) is 14.1. The van der Waals surface area contributed by atoms with Gasteiger partial charge < -0.3 is 10.2 Å². The van der Waals surface area contributed by atoms with Crippen molar-refractivity contribution in [2.45, 2.75) is 33.2 Å². The molecule has 0 unspecified atom stereocenters. The van der Waals surface area contributed by atoms with E-state index in [2.05, 4.69) is 11.4 Å². The fourth-order valence-corrected chi connectivity index (χ4v) is 3.03. The van der Waals surface area contributed by atoms with Crippen LogP contribution in [0, 0.1) is 6.92 Å². The molecule has 1 aliphatic rings. The number of rotatable bonds is 4. The van der Waals surface area contributed by atoms with E-state index < -0.39 is 0 Å². The van der Waals surface area contributed by atoms with Crippen LogP contribution in [0.4, 0.5) is 5.69 Å². The second-order valence-corrected chi connectivity index (χ2v) is 6.12. The van der Waals surface area contributed by atoms with Crippen molar-refractivity contribution in [1.29, 1.82) is 0 Å². The summed E-state index contributed by atoms with van der Waals surface area (Å²) in [6, 6.07) is 13.8. The normalized spacial score (nSPS) is 12.8. The number of nitrogens with zero attached hydrogens (tertiary/aromatic N) is 1. The Morgan fingerprint density at radius 1 is 1.17 bits per heavy atom. The molecular formula is C20H22N2O2. The number of hydrogen-bond acceptors (Lipinski definition) is 2. The van der Waals surface area contributed by atoms with Gasteiger partial charge in [0, 0.05) is 30.8 Å². The number of carbonyl (C=O) groups is 2. The Labute approximate surface area is 142 Å². The Bertz CT molecular complexity index is 783. The van der Waals surface area contributed by atoms with Crippen molar-refractivity contribution in [3.63, 3.8) is 0 Å². The minimum absolute atomic E-state index is 0.0309. The monoisotopic (exact) mass is 322 g/mol. The van der Waals surface area contributed by atoms with E-state index in [1.165, 1.54) is 5.56 Å². The summed E-state index contributed by atoms with van der Waals surface area (Å²) in [4.78, 5) is 26.2. The molecule has 0 atom stereocenters. The number of amides is 2. The molecule has 4 nitrogen and oxygen atoms in total. The zero-order chi connectivity index (χ0) is 17.1. The molecule has 2 aromatic rings. The van der Waals surface area contributed by atoms with E-state index in [0.29, 0.717) is 19.5 Å². The topological polar surface area (TPSA) is 49.4 Å². The van der Waals surface area contributed by atoms with Gasteiger partial charge in [-0.25, -0.2) is 0 Å². The first-order valence-electron chi connectivity index (χ1n) is 8.36. The number of nitrogens with one attached hydrogen (secondary N) is 1. The number of aryl methyl sites for hydroxylation is 1. The Morgan fingerprint density at radius 2 is 1.96 bits per heavy atom. The molecule has 1 heterocycles. The zero-order valence-corrected chi connectivity index (χ0v) is 14.1. The van der Waals surface area contributed by atoms with E-state index in [1.807, 2.05) is 55.1 Å². The van der Waals surface area contributed by atoms with Gasteiger partial charge in [0.2, 0.25) is 5.91 Å². The van der Waals surface area contributed by atoms with Crippen LogP contribution in [0.2, 0.25) is 0 Å². The number of benzene rings is 2. The number of anilines is 1. The maximum absolute atomic E-state index is 12.9. The summed E-state index contributed by atoms with van der Waals surface area (Å²) >= 11 is 0. The Kier molecular flexibility index (Phi) is 4.65. The van der Waals surface area contributed by atoms with E-state index in [4.69, 9.17) is 0 Å². The van der Waals surface area contributed by atoms with Crippen molar-refractivity contribution in [3.8, 4) is 0 Å². The predicted octanol–water partition coefficient (Wildman–Crippen LogP) is 3.22. The van der Waals surface area contributed by atoms with E-state index in [9.17, 15) is 9.59 Å². The highest BCUT2D eigenvalue weighted by molar-refractivity contribution is 6.08. The Balaban J connectivity index is 1.84. The van der Waals surface area contributed by atoms with Gasteiger partial charge >= 0.3 is 0 Å². The summed E-state index contributed by atoms with van der Waals surface area (Å²) in [5.74, 6) is 0.0740. The third kappa shape index (κ3) is 3.18. The molecule has 2 amide bonds. The van der Waals surface area contributed by atoms with Gasteiger partial charge in [0.1, 0.15) is 0 Å². The second kappa shape index (κ2) is 6.87. The van der Waals surface area contributed by atoms with E-state index in [-0.39, 0.29) is 11.8 Å². The van der Waals surface area contributed by atoms with Gasteiger partial charge in [-0.05, 0) is 42.2 Å². The number of hydrogen-bond donors (Lipinski definition) is 1. The summed E-state index contributed by atoms with van der Waals surface area (Å²) in [7, 11) is 0. The highest BCUT2D eigenvalue weighted by atomic mass is 16.2. The molecule has 0 spiro atoms. The molecule has 4 heteroatoms. The maximum Gasteiger partial charge on any atom is 0.258 e. The quantitative estimate of drug-likeness (QED) is 0.939. The summed E-state index contributed by atoms with van der Waals surface area (Å²) in [5.41, 5.74) is 4.89. The summed E-state index contributed by atoms with van der Waals surface area (Å²) in [6.45, 7) is 4.99. The Morgan fingerprint density at radius 3 is 2.71 bits per heavy atom. The van der Waals surface area contributed by atoms with Crippen LogP contribution in [0.25, 0.3) is 0 Å². The van der Waals surface area contributed by atoms with Crippen LogP contribution in [0.5, 0.6) is 0 Å². The van der Waals surface area contributed by atoms with Gasteiger partial charge in [-0.1, -0.05) is 37.3 Å². The highest BCUT2D eigenvalue weighted by Gasteiger charge is 2.26. The third-order valence-electron chi connectivity index (χ3n) is 4.48. The molecule has 0 fully saturated rings. The van der Waals surface area contributed by atoms with Crippen molar-refractivity contribution < 1.29 is 9.59 Å². The lowest BCUT2D eigenvalue weighted by Crippen LogP contribution is -2.29. The van der Waals surface area contributed by atoms with Crippen LogP contribution < -0.4 is 10.2 Å². The van der Waals surface area contributed by atoms with Crippen LogP contribution in [0.3, 0.4) is 0 Å². The van der Waals surface area contributed by atoms with Crippen molar-refractivity contribution >= 4 is 17.5 Å². The Hall–Kier alpha value is -2.62. The SMILES string of the molecule is CCC(=O)NCc1ccc2c(c1)N(C(=O)c1ccccc1C)CC2. The van der Waals surface area contributed by atoms with Crippen molar-refractivity contribution in [2.24, 2.45) is 0 Å². The molecule has 1 aliphatic heterocycles. The fourth-order valence-electron chi connectivity index (χ4n) is 3.03. The molecule has 0 saturated carbocycles. The second-order valence-electron chi connectivity index (χ2n) is 6.12. The molecule has 0 bridgehead atoms. The highest BCUT2D eigenvalue weighted by Crippen LogP contribution is 2.30. The average Bonchev–Trinajstić information content (AvgIpc) is 3.02. The summed E-state index contributed by atoms with van der Waals surface area (Å²) in [5, 5.41) is 2.88. The van der Waals surface area contributed by atoms with Crippen LogP contribution in [0.1, 0.15) is 40.4 Å². The van der Waals surface area contributed by atoms with Gasteiger partial charge in [0.15, 0.2) is 0 Å². The molecule has 0 radical (unpaired) electrons. The average molecular weight is 322 g/mol. The number of fused-ring (bicyclic) bond motifs is 1. The lowest BCUT2D eigenvalue weighted by atomic mass is 10.1. The molecule has 1 N–H and O–H groups in total. The van der Waals surface area contributed by atoms with Crippen molar-refractivity contribution in [2.75, 3.05) is 11.4 Å². The minimum atomic E-state index is 0.0309. The molecule has 24 heavy (non-hydrogen) atoms. The minimum Gasteiger partial charge on any atom is -0.352 e. The van der Waals surface area contributed by atoms with Crippen molar-refractivity contribution in [1.82, 2.24) is 5.32 Å². The first-order valence-corrected chi connectivity index (χ1v) is 8.36. The maximum atomic E-state index is 12.9. The van der Waals surface area contributed by atoms with Gasteiger partial charge in [-0.15, -0.1) is 0 Å². The standard InChI is InChI=1S/C20H22N2O2/c1-3-19(23)21-13-15-8-9-16-10-11-22(18(16)12-15)20(24)17-7-5-4-6-14(17)2/h4-9,12H,3,10-11,13H2,1-2H3,(H,21,23). The van der Waals surface area contributed by atoms with E-state index >= 15 is 0 Å². The molecule has 3 rings (SSSR count). The van der Waals surface area contributed by atoms with Crippen LogP contribution in [-0.4, -0.2) is 18.4 Å². The van der Waals surface area contributed by atoms with Crippen LogP contribution >= 0.6 is 0 Å². The first-order chi connectivity index (χ1) is 11.6. The smallest absolute Gasteiger partial charge is 0.258 e. The molecular weight excluding hydrogens is 300 g/mol.